The molecule has 0 amide bonds. The normalized spacial score (nSPS) is 16.5. The molecule has 3 nitrogen and oxygen atoms in total. The number of fused-ring (bicyclic) bond motifs is 1. The molecular weight excluding hydrogens is 262 g/mol. The van der Waals surface area contributed by atoms with Crippen LogP contribution in [0.1, 0.15) is 51.5 Å². The molecule has 0 fully saturated rings. The summed E-state index contributed by atoms with van der Waals surface area (Å²) in [7, 11) is 0. The number of nitrogens with one attached hydrogen (secondary N) is 1. The van der Waals surface area contributed by atoms with Crippen LogP contribution in [0.3, 0.4) is 0 Å². The largest absolute Gasteiger partial charge is 0.486 e. The standard InChI is InChI=1S/C18H29NO2/c1-4-6-14(3)16(13-19-9-5-2)15-7-8-17-18(12-15)21-11-10-20-17/h7-8,12,14,16,19H,4-6,9-11,13H2,1-3H3. The highest BCUT2D eigenvalue weighted by atomic mass is 16.6. The number of benzene rings is 1. The molecule has 3 heteroatoms. The van der Waals surface area contributed by atoms with E-state index < -0.39 is 0 Å². The van der Waals surface area contributed by atoms with Crippen LogP contribution in [0.15, 0.2) is 18.2 Å². The van der Waals surface area contributed by atoms with E-state index in [1.54, 1.807) is 0 Å². The molecule has 2 unspecified atom stereocenters. The van der Waals surface area contributed by atoms with Crippen LogP contribution in [0.4, 0.5) is 0 Å². The summed E-state index contributed by atoms with van der Waals surface area (Å²) in [5, 5.41) is 3.58. The van der Waals surface area contributed by atoms with E-state index in [2.05, 4.69) is 44.3 Å². The predicted molar refractivity (Wildman–Crippen MR) is 87.4 cm³/mol. The summed E-state index contributed by atoms with van der Waals surface area (Å²) in [6.07, 6.45) is 3.67. The van der Waals surface area contributed by atoms with Gasteiger partial charge in [-0.05, 0) is 42.5 Å². The third-order valence-corrected chi connectivity index (χ3v) is 4.22. The van der Waals surface area contributed by atoms with Gasteiger partial charge in [0, 0.05) is 6.54 Å². The van der Waals surface area contributed by atoms with Crippen molar-refractivity contribution in [1.82, 2.24) is 5.32 Å². The minimum atomic E-state index is 0.535. The van der Waals surface area contributed by atoms with E-state index in [-0.39, 0.29) is 0 Å². The zero-order valence-corrected chi connectivity index (χ0v) is 13.7. The minimum Gasteiger partial charge on any atom is -0.486 e. The van der Waals surface area contributed by atoms with Crippen LogP contribution in [0, 0.1) is 5.92 Å². The first kappa shape index (κ1) is 16.2. The molecule has 2 rings (SSSR count). The number of rotatable bonds is 8. The second kappa shape index (κ2) is 8.28. The summed E-state index contributed by atoms with van der Waals surface area (Å²) in [6, 6.07) is 6.45. The van der Waals surface area contributed by atoms with E-state index in [1.807, 2.05) is 0 Å². The molecule has 118 valence electrons. The van der Waals surface area contributed by atoms with Crippen LogP contribution in [0.25, 0.3) is 0 Å². The Labute approximate surface area is 129 Å². The van der Waals surface area contributed by atoms with Gasteiger partial charge in [-0.15, -0.1) is 0 Å². The number of hydrogen-bond acceptors (Lipinski definition) is 3. The van der Waals surface area contributed by atoms with Crippen molar-refractivity contribution in [2.45, 2.75) is 46.0 Å². The molecule has 0 spiro atoms. The van der Waals surface area contributed by atoms with Crippen LogP contribution in [-0.2, 0) is 0 Å². The number of ether oxygens (including phenoxy) is 2. The summed E-state index contributed by atoms with van der Waals surface area (Å²) in [5.74, 6) is 2.99. The smallest absolute Gasteiger partial charge is 0.161 e. The Balaban J connectivity index is 2.14. The highest BCUT2D eigenvalue weighted by Crippen LogP contribution is 2.36. The van der Waals surface area contributed by atoms with E-state index in [9.17, 15) is 0 Å². The van der Waals surface area contributed by atoms with Crippen LogP contribution in [-0.4, -0.2) is 26.3 Å². The van der Waals surface area contributed by atoms with Crippen molar-refractivity contribution in [2.24, 2.45) is 5.92 Å². The van der Waals surface area contributed by atoms with Gasteiger partial charge in [-0.3, -0.25) is 0 Å². The Kier molecular flexibility index (Phi) is 6.37. The lowest BCUT2D eigenvalue weighted by Gasteiger charge is -2.26. The lowest BCUT2D eigenvalue weighted by molar-refractivity contribution is 0.171. The third kappa shape index (κ3) is 4.37. The fourth-order valence-corrected chi connectivity index (χ4v) is 3.03. The summed E-state index contributed by atoms with van der Waals surface area (Å²) in [5.41, 5.74) is 1.36. The molecule has 1 aliphatic heterocycles. The van der Waals surface area contributed by atoms with Crippen LogP contribution < -0.4 is 14.8 Å². The maximum absolute atomic E-state index is 5.73. The Morgan fingerprint density at radius 3 is 2.57 bits per heavy atom. The lowest BCUT2D eigenvalue weighted by atomic mass is 9.84. The Hall–Kier alpha value is -1.22. The molecule has 0 saturated heterocycles. The zero-order chi connectivity index (χ0) is 15.1. The first-order chi connectivity index (χ1) is 10.3. The van der Waals surface area contributed by atoms with Crippen LogP contribution in [0.5, 0.6) is 11.5 Å². The quantitative estimate of drug-likeness (QED) is 0.735. The highest BCUT2D eigenvalue weighted by molar-refractivity contribution is 5.45. The molecule has 1 aliphatic rings. The first-order valence-corrected chi connectivity index (χ1v) is 8.36. The van der Waals surface area contributed by atoms with Gasteiger partial charge in [0.1, 0.15) is 13.2 Å². The van der Waals surface area contributed by atoms with E-state index in [1.165, 1.54) is 24.8 Å². The Bertz CT molecular complexity index is 433. The fourth-order valence-electron chi connectivity index (χ4n) is 3.03. The van der Waals surface area contributed by atoms with Gasteiger partial charge in [0.2, 0.25) is 0 Å². The molecule has 0 aliphatic carbocycles. The van der Waals surface area contributed by atoms with Crippen LogP contribution in [0.2, 0.25) is 0 Å². The van der Waals surface area contributed by atoms with E-state index in [0.29, 0.717) is 25.0 Å². The van der Waals surface area contributed by atoms with Crippen LogP contribution >= 0.6 is 0 Å². The van der Waals surface area contributed by atoms with Gasteiger partial charge in [0.05, 0.1) is 0 Å². The van der Waals surface area contributed by atoms with Crippen molar-refractivity contribution in [1.29, 1.82) is 0 Å². The second-order valence-electron chi connectivity index (χ2n) is 5.98. The lowest BCUT2D eigenvalue weighted by Crippen LogP contribution is -2.26. The SMILES string of the molecule is CCCNCC(c1ccc2c(c1)OCCO2)C(C)CCC. The van der Waals surface area contributed by atoms with E-state index >= 15 is 0 Å². The van der Waals surface area contributed by atoms with Gasteiger partial charge in [-0.1, -0.05) is 39.7 Å². The summed E-state index contributed by atoms with van der Waals surface area (Å²) in [4.78, 5) is 0. The number of hydrogen-bond donors (Lipinski definition) is 1. The van der Waals surface area contributed by atoms with Gasteiger partial charge < -0.3 is 14.8 Å². The maximum Gasteiger partial charge on any atom is 0.161 e. The monoisotopic (exact) mass is 291 g/mol. The topological polar surface area (TPSA) is 30.5 Å². The molecule has 1 heterocycles. The summed E-state index contributed by atoms with van der Waals surface area (Å²) >= 11 is 0. The van der Waals surface area contributed by atoms with Gasteiger partial charge in [-0.25, -0.2) is 0 Å². The van der Waals surface area contributed by atoms with Gasteiger partial charge in [-0.2, -0.15) is 0 Å². The maximum atomic E-state index is 5.73. The molecule has 1 N–H and O–H groups in total. The van der Waals surface area contributed by atoms with Gasteiger partial charge >= 0.3 is 0 Å². The average molecular weight is 291 g/mol. The Morgan fingerprint density at radius 1 is 1.10 bits per heavy atom. The zero-order valence-electron chi connectivity index (χ0n) is 13.7. The second-order valence-corrected chi connectivity index (χ2v) is 5.98. The molecule has 0 bridgehead atoms. The molecule has 0 aromatic heterocycles. The van der Waals surface area contributed by atoms with Crippen molar-refractivity contribution >= 4 is 0 Å². The molecule has 0 radical (unpaired) electrons. The highest BCUT2D eigenvalue weighted by Gasteiger charge is 2.21. The van der Waals surface area contributed by atoms with Crippen molar-refractivity contribution in [2.75, 3.05) is 26.3 Å². The van der Waals surface area contributed by atoms with E-state index in [0.717, 1.165) is 24.6 Å². The molecule has 0 saturated carbocycles. The van der Waals surface area contributed by atoms with Crippen molar-refractivity contribution in [3.8, 4) is 11.5 Å². The minimum absolute atomic E-state index is 0.535. The molecule has 1 aromatic rings. The summed E-state index contributed by atoms with van der Waals surface area (Å²) in [6.45, 7) is 10.3. The van der Waals surface area contributed by atoms with E-state index in [4.69, 9.17) is 9.47 Å². The molecule has 21 heavy (non-hydrogen) atoms. The fraction of sp³-hybridized carbons (Fsp3) is 0.667. The molecule has 2 atom stereocenters. The third-order valence-electron chi connectivity index (χ3n) is 4.22. The Morgan fingerprint density at radius 2 is 1.86 bits per heavy atom. The van der Waals surface area contributed by atoms with Crippen molar-refractivity contribution in [3.63, 3.8) is 0 Å². The van der Waals surface area contributed by atoms with Gasteiger partial charge in [0.15, 0.2) is 11.5 Å². The molecule has 1 aromatic carbocycles. The van der Waals surface area contributed by atoms with Gasteiger partial charge in [0.25, 0.3) is 0 Å². The average Bonchev–Trinajstić information content (AvgIpc) is 2.51. The molecular formula is C18H29NO2. The summed E-state index contributed by atoms with van der Waals surface area (Å²) < 4.78 is 11.4. The predicted octanol–water partition coefficient (Wildman–Crippen LogP) is 3.98. The van der Waals surface area contributed by atoms with Crippen molar-refractivity contribution in [3.05, 3.63) is 23.8 Å². The first-order valence-electron chi connectivity index (χ1n) is 8.36. The van der Waals surface area contributed by atoms with Crippen molar-refractivity contribution < 1.29 is 9.47 Å².